The summed E-state index contributed by atoms with van der Waals surface area (Å²) >= 11 is 0. The number of hydrogen-bond donors (Lipinski definition) is 1. The van der Waals surface area contributed by atoms with Gasteiger partial charge in [0.05, 0.1) is 5.69 Å². The maximum Gasteiger partial charge on any atom is 0.291 e. The van der Waals surface area contributed by atoms with Crippen LogP contribution in [0.25, 0.3) is 16.7 Å². The molecular weight excluding hydrogens is 330 g/mol. The van der Waals surface area contributed by atoms with Gasteiger partial charge in [0.2, 0.25) is 0 Å². The van der Waals surface area contributed by atoms with E-state index >= 15 is 0 Å². The lowest BCUT2D eigenvalue weighted by atomic mass is 10.0. The van der Waals surface area contributed by atoms with E-state index in [9.17, 15) is 4.79 Å². The summed E-state index contributed by atoms with van der Waals surface area (Å²) in [6.07, 6.45) is 1.51. The molecule has 0 fully saturated rings. The molecule has 7 heteroatoms. The van der Waals surface area contributed by atoms with E-state index in [0.29, 0.717) is 11.4 Å². The van der Waals surface area contributed by atoms with E-state index in [0.717, 1.165) is 33.3 Å². The number of anilines is 1. The third kappa shape index (κ3) is 2.73. The van der Waals surface area contributed by atoms with E-state index in [1.807, 2.05) is 39.0 Å². The van der Waals surface area contributed by atoms with Crippen LogP contribution in [0.3, 0.4) is 0 Å². The Morgan fingerprint density at radius 3 is 2.58 bits per heavy atom. The fourth-order valence-electron chi connectivity index (χ4n) is 3.17. The first-order valence-corrected chi connectivity index (χ1v) is 8.18. The van der Waals surface area contributed by atoms with Crippen molar-refractivity contribution in [1.82, 2.24) is 20.2 Å². The Hall–Kier alpha value is -3.48. The minimum atomic E-state index is -0.272. The molecule has 26 heavy (non-hydrogen) atoms. The Labute approximate surface area is 149 Å². The van der Waals surface area contributed by atoms with Gasteiger partial charge in [0.25, 0.3) is 5.91 Å². The van der Waals surface area contributed by atoms with Gasteiger partial charge < -0.3 is 9.73 Å². The predicted octanol–water partition coefficient (Wildman–Crippen LogP) is 3.59. The molecule has 7 nitrogen and oxygen atoms in total. The monoisotopic (exact) mass is 347 g/mol. The van der Waals surface area contributed by atoms with Crippen LogP contribution in [-0.4, -0.2) is 26.1 Å². The number of hydrogen-bond acceptors (Lipinski definition) is 5. The number of nitrogens with zero attached hydrogens (tertiary/aromatic N) is 4. The van der Waals surface area contributed by atoms with E-state index in [-0.39, 0.29) is 5.91 Å². The third-order valence-electron chi connectivity index (χ3n) is 4.32. The average Bonchev–Trinajstić information content (AvgIpc) is 3.24. The maximum atomic E-state index is 12.7. The molecule has 0 aliphatic carbocycles. The molecule has 2 aromatic carbocycles. The smallest absolute Gasteiger partial charge is 0.291 e. The van der Waals surface area contributed by atoms with Crippen LogP contribution in [0.15, 0.2) is 47.1 Å². The van der Waals surface area contributed by atoms with Crippen LogP contribution in [0, 0.1) is 20.8 Å². The number of carbonyl (C=O) groups excluding carboxylic acids is 1. The number of benzene rings is 2. The Balaban J connectivity index is 1.61. The molecule has 130 valence electrons. The van der Waals surface area contributed by atoms with Crippen molar-refractivity contribution in [3.63, 3.8) is 0 Å². The molecule has 2 aromatic heterocycles. The van der Waals surface area contributed by atoms with Gasteiger partial charge >= 0.3 is 0 Å². The quantitative estimate of drug-likeness (QED) is 0.612. The molecule has 0 aliphatic heterocycles. The first-order chi connectivity index (χ1) is 12.5. The second kappa shape index (κ2) is 6.11. The molecule has 2 heterocycles. The van der Waals surface area contributed by atoms with Crippen LogP contribution in [0.1, 0.15) is 27.2 Å². The van der Waals surface area contributed by atoms with E-state index in [4.69, 9.17) is 4.42 Å². The number of aryl methyl sites for hydroxylation is 3. The molecule has 1 amide bonds. The molecular formula is C19H17N5O2. The fraction of sp³-hybridized carbons (Fsp3) is 0.158. The molecule has 0 unspecified atom stereocenters. The second-order valence-electron chi connectivity index (χ2n) is 6.27. The molecule has 0 radical (unpaired) electrons. The molecule has 0 saturated heterocycles. The lowest BCUT2D eigenvalue weighted by Gasteiger charge is -2.05. The van der Waals surface area contributed by atoms with Crippen LogP contribution < -0.4 is 5.32 Å². The van der Waals surface area contributed by atoms with Crippen molar-refractivity contribution in [2.75, 3.05) is 5.32 Å². The van der Waals surface area contributed by atoms with Crippen molar-refractivity contribution in [3.8, 4) is 5.69 Å². The van der Waals surface area contributed by atoms with Crippen molar-refractivity contribution < 1.29 is 9.21 Å². The second-order valence-corrected chi connectivity index (χ2v) is 6.27. The number of aromatic nitrogens is 4. The van der Waals surface area contributed by atoms with E-state index in [1.54, 1.807) is 16.8 Å². The summed E-state index contributed by atoms with van der Waals surface area (Å²) in [4.78, 5) is 12.7. The average molecular weight is 347 g/mol. The largest absolute Gasteiger partial charge is 0.451 e. The Morgan fingerprint density at radius 1 is 1.12 bits per heavy atom. The van der Waals surface area contributed by atoms with Gasteiger partial charge in [0.15, 0.2) is 5.76 Å². The molecule has 4 rings (SSSR count). The van der Waals surface area contributed by atoms with E-state index in [1.165, 1.54) is 6.33 Å². The van der Waals surface area contributed by atoms with Gasteiger partial charge in [-0.2, -0.15) is 0 Å². The summed E-state index contributed by atoms with van der Waals surface area (Å²) < 4.78 is 7.38. The minimum absolute atomic E-state index is 0.272. The van der Waals surface area contributed by atoms with Gasteiger partial charge in [-0.05, 0) is 72.7 Å². The molecule has 1 N–H and O–H groups in total. The summed E-state index contributed by atoms with van der Waals surface area (Å²) in [6, 6.07) is 11.3. The van der Waals surface area contributed by atoms with Crippen molar-refractivity contribution in [3.05, 3.63) is 65.2 Å². The topological polar surface area (TPSA) is 85.8 Å². The van der Waals surface area contributed by atoms with Crippen LogP contribution in [0.5, 0.6) is 0 Å². The number of tetrazole rings is 1. The van der Waals surface area contributed by atoms with Crippen molar-refractivity contribution >= 4 is 22.6 Å². The lowest BCUT2D eigenvalue weighted by molar-refractivity contribution is 0.0998. The highest BCUT2D eigenvalue weighted by molar-refractivity contribution is 6.06. The van der Waals surface area contributed by atoms with E-state index < -0.39 is 0 Å². The molecule has 0 aliphatic rings. The number of rotatable bonds is 3. The highest BCUT2D eigenvalue weighted by atomic mass is 16.3. The predicted molar refractivity (Wildman–Crippen MR) is 97.5 cm³/mol. The first kappa shape index (κ1) is 16.0. The summed E-state index contributed by atoms with van der Waals surface area (Å²) in [7, 11) is 0. The molecule has 0 saturated carbocycles. The molecule has 0 spiro atoms. The minimum Gasteiger partial charge on any atom is -0.451 e. The highest BCUT2D eigenvalue weighted by Gasteiger charge is 2.19. The number of carbonyl (C=O) groups is 1. The number of furan rings is 1. The van der Waals surface area contributed by atoms with Crippen molar-refractivity contribution in [2.45, 2.75) is 20.8 Å². The Morgan fingerprint density at radius 2 is 1.88 bits per heavy atom. The Kier molecular flexibility index (Phi) is 3.76. The van der Waals surface area contributed by atoms with Crippen LogP contribution >= 0.6 is 0 Å². The van der Waals surface area contributed by atoms with E-state index in [2.05, 4.69) is 26.9 Å². The number of fused-ring (bicyclic) bond motifs is 1. The fourth-order valence-corrected chi connectivity index (χ4v) is 3.17. The number of nitrogens with one attached hydrogen (secondary N) is 1. The Bertz CT molecular complexity index is 1100. The van der Waals surface area contributed by atoms with Crippen molar-refractivity contribution in [1.29, 1.82) is 0 Å². The zero-order chi connectivity index (χ0) is 18.3. The van der Waals surface area contributed by atoms with Gasteiger partial charge in [0, 0.05) is 16.6 Å². The SMILES string of the molecule is Cc1cc(C)c2c(C)c(C(=O)Nc3ccc(-n4cnnn4)cc3)oc2c1. The van der Waals surface area contributed by atoms with Gasteiger partial charge in [-0.25, -0.2) is 4.68 Å². The summed E-state index contributed by atoms with van der Waals surface area (Å²) in [5.41, 5.74) is 5.26. The lowest BCUT2D eigenvalue weighted by Crippen LogP contribution is -2.12. The van der Waals surface area contributed by atoms with Crippen LogP contribution in [-0.2, 0) is 0 Å². The summed E-state index contributed by atoms with van der Waals surface area (Å²) in [5, 5.41) is 14.9. The van der Waals surface area contributed by atoms with Gasteiger partial charge in [0.1, 0.15) is 11.9 Å². The highest BCUT2D eigenvalue weighted by Crippen LogP contribution is 2.30. The maximum absolute atomic E-state index is 12.7. The molecule has 4 aromatic rings. The first-order valence-electron chi connectivity index (χ1n) is 8.18. The third-order valence-corrected chi connectivity index (χ3v) is 4.32. The van der Waals surface area contributed by atoms with Gasteiger partial charge in [-0.15, -0.1) is 5.10 Å². The van der Waals surface area contributed by atoms with Crippen LogP contribution in [0.4, 0.5) is 5.69 Å². The molecule has 0 bridgehead atoms. The van der Waals surface area contributed by atoms with Crippen molar-refractivity contribution in [2.24, 2.45) is 0 Å². The normalized spacial score (nSPS) is 11.0. The molecule has 0 atom stereocenters. The van der Waals surface area contributed by atoms with Crippen LogP contribution in [0.2, 0.25) is 0 Å². The number of amides is 1. The standard InChI is InChI=1S/C19H17N5O2/c1-11-8-12(2)17-13(3)18(26-16(17)9-11)19(25)21-14-4-6-15(7-5-14)24-10-20-22-23-24/h4-10H,1-3H3,(H,21,25). The zero-order valence-corrected chi connectivity index (χ0v) is 14.6. The van der Waals surface area contributed by atoms with Gasteiger partial charge in [-0.3, -0.25) is 4.79 Å². The summed E-state index contributed by atoms with van der Waals surface area (Å²) in [6.45, 7) is 5.94. The van der Waals surface area contributed by atoms with Gasteiger partial charge in [-0.1, -0.05) is 6.07 Å². The summed E-state index contributed by atoms with van der Waals surface area (Å²) in [5.74, 6) is 0.0594. The zero-order valence-electron chi connectivity index (χ0n) is 14.6.